The van der Waals surface area contributed by atoms with Gasteiger partial charge >= 0.3 is 0 Å². The third-order valence-corrected chi connectivity index (χ3v) is 3.22. The van der Waals surface area contributed by atoms with E-state index in [1.165, 1.54) is 12.8 Å². The van der Waals surface area contributed by atoms with Crippen molar-refractivity contribution in [2.75, 3.05) is 6.54 Å². The molecule has 2 aliphatic rings. The van der Waals surface area contributed by atoms with Gasteiger partial charge in [-0.2, -0.15) is 0 Å². The largest absolute Gasteiger partial charge is 0.373 e. The van der Waals surface area contributed by atoms with Crippen molar-refractivity contribution in [3.63, 3.8) is 0 Å². The van der Waals surface area contributed by atoms with Gasteiger partial charge in [0.1, 0.15) is 0 Å². The number of fused-ring (bicyclic) bond motifs is 2. The SMILES string of the molecule is CCCNC(=S)NC1CC2CCC1O2. The van der Waals surface area contributed by atoms with Crippen LogP contribution in [0.3, 0.4) is 0 Å². The number of nitrogens with one attached hydrogen (secondary N) is 2. The van der Waals surface area contributed by atoms with E-state index < -0.39 is 0 Å². The van der Waals surface area contributed by atoms with E-state index in [4.69, 9.17) is 17.0 Å². The van der Waals surface area contributed by atoms with Crippen LogP contribution in [-0.2, 0) is 4.74 Å². The van der Waals surface area contributed by atoms with Crippen molar-refractivity contribution < 1.29 is 4.74 Å². The molecular weight excluding hydrogens is 196 g/mol. The molecule has 2 aliphatic heterocycles. The molecule has 2 bridgehead atoms. The molecule has 2 heterocycles. The van der Waals surface area contributed by atoms with Crippen molar-refractivity contribution in [1.82, 2.24) is 10.6 Å². The maximum atomic E-state index is 5.74. The van der Waals surface area contributed by atoms with Gasteiger partial charge in [-0.3, -0.25) is 0 Å². The number of hydrogen-bond donors (Lipinski definition) is 2. The molecule has 80 valence electrons. The van der Waals surface area contributed by atoms with Crippen LogP contribution < -0.4 is 10.6 Å². The van der Waals surface area contributed by atoms with Crippen LogP contribution in [0, 0.1) is 0 Å². The first kappa shape index (κ1) is 10.2. The van der Waals surface area contributed by atoms with E-state index >= 15 is 0 Å². The molecular formula is C10H18N2OS. The van der Waals surface area contributed by atoms with Gasteiger partial charge in [-0.05, 0) is 37.9 Å². The Morgan fingerprint density at radius 1 is 1.50 bits per heavy atom. The van der Waals surface area contributed by atoms with Crippen molar-refractivity contribution in [2.24, 2.45) is 0 Å². The van der Waals surface area contributed by atoms with Crippen molar-refractivity contribution in [3.8, 4) is 0 Å². The first-order valence-electron chi connectivity index (χ1n) is 5.49. The molecule has 2 fully saturated rings. The molecule has 3 nitrogen and oxygen atoms in total. The second-order valence-corrected chi connectivity index (χ2v) is 4.52. The summed E-state index contributed by atoms with van der Waals surface area (Å²) in [5.74, 6) is 0. The number of ether oxygens (including phenoxy) is 1. The predicted octanol–water partition coefficient (Wildman–Crippen LogP) is 1.18. The van der Waals surface area contributed by atoms with Crippen LogP contribution in [0.1, 0.15) is 32.6 Å². The number of hydrogen-bond acceptors (Lipinski definition) is 2. The Balaban J connectivity index is 1.73. The van der Waals surface area contributed by atoms with Gasteiger partial charge in [0.2, 0.25) is 0 Å². The Kier molecular flexibility index (Phi) is 3.23. The molecule has 4 heteroatoms. The summed E-state index contributed by atoms with van der Waals surface area (Å²) >= 11 is 5.19. The second kappa shape index (κ2) is 4.45. The summed E-state index contributed by atoms with van der Waals surface area (Å²) in [4.78, 5) is 0. The first-order chi connectivity index (χ1) is 6.79. The highest BCUT2D eigenvalue weighted by molar-refractivity contribution is 7.80. The topological polar surface area (TPSA) is 33.3 Å². The van der Waals surface area contributed by atoms with Crippen LogP contribution >= 0.6 is 12.2 Å². The number of rotatable bonds is 3. The van der Waals surface area contributed by atoms with E-state index in [1.807, 2.05) is 0 Å². The monoisotopic (exact) mass is 214 g/mol. The fourth-order valence-electron chi connectivity index (χ4n) is 2.25. The molecule has 0 aromatic heterocycles. The Morgan fingerprint density at radius 3 is 2.93 bits per heavy atom. The molecule has 14 heavy (non-hydrogen) atoms. The minimum absolute atomic E-state index is 0.404. The lowest BCUT2D eigenvalue weighted by molar-refractivity contribution is 0.0993. The molecule has 0 aromatic rings. The summed E-state index contributed by atoms with van der Waals surface area (Å²) in [7, 11) is 0. The molecule has 0 radical (unpaired) electrons. The maximum absolute atomic E-state index is 5.74. The lowest BCUT2D eigenvalue weighted by Crippen LogP contribution is -2.46. The Bertz CT molecular complexity index is 222. The Morgan fingerprint density at radius 2 is 2.36 bits per heavy atom. The zero-order chi connectivity index (χ0) is 9.97. The maximum Gasteiger partial charge on any atom is 0.166 e. The third-order valence-electron chi connectivity index (χ3n) is 2.96. The minimum atomic E-state index is 0.404. The zero-order valence-corrected chi connectivity index (χ0v) is 9.40. The highest BCUT2D eigenvalue weighted by Gasteiger charge is 2.40. The molecule has 2 rings (SSSR count). The first-order valence-corrected chi connectivity index (χ1v) is 5.90. The van der Waals surface area contributed by atoms with Crippen LogP contribution in [-0.4, -0.2) is 29.9 Å². The van der Waals surface area contributed by atoms with Gasteiger partial charge in [-0.15, -0.1) is 0 Å². The lowest BCUT2D eigenvalue weighted by atomic mass is 9.96. The van der Waals surface area contributed by atoms with Gasteiger partial charge in [0.25, 0.3) is 0 Å². The third kappa shape index (κ3) is 2.17. The molecule has 0 saturated carbocycles. The van der Waals surface area contributed by atoms with Gasteiger partial charge in [-0.1, -0.05) is 6.92 Å². The smallest absolute Gasteiger partial charge is 0.166 e. The van der Waals surface area contributed by atoms with E-state index in [0.717, 1.165) is 24.5 Å². The minimum Gasteiger partial charge on any atom is -0.373 e. The van der Waals surface area contributed by atoms with E-state index in [2.05, 4.69) is 17.6 Å². The van der Waals surface area contributed by atoms with E-state index in [1.54, 1.807) is 0 Å². The van der Waals surface area contributed by atoms with Crippen LogP contribution in [0.5, 0.6) is 0 Å². The lowest BCUT2D eigenvalue weighted by Gasteiger charge is -2.21. The van der Waals surface area contributed by atoms with Gasteiger partial charge in [-0.25, -0.2) is 0 Å². The van der Waals surface area contributed by atoms with Crippen LogP contribution in [0.4, 0.5) is 0 Å². The van der Waals surface area contributed by atoms with Crippen LogP contribution in [0.25, 0.3) is 0 Å². The van der Waals surface area contributed by atoms with Gasteiger partial charge < -0.3 is 15.4 Å². The summed E-state index contributed by atoms with van der Waals surface area (Å²) in [6.45, 7) is 3.09. The zero-order valence-electron chi connectivity index (χ0n) is 8.58. The summed E-state index contributed by atoms with van der Waals surface area (Å²) in [5.41, 5.74) is 0. The normalized spacial score (nSPS) is 34.5. The molecule has 2 N–H and O–H groups in total. The van der Waals surface area contributed by atoms with Gasteiger partial charge in [0.15, 0.2) is 5.11 Å². The van der Waals surface area contributed by atoms with Crippen molar-refractivity contribution in [1.29, 1.82) is 0 Å². The van der Waals surface area contributed by atoms with Crippen molar-refractivity contribution in [3.05, 3.63) is 0 Å². The molecule has 3 unspecified atom stereocenters. The molecule has 0 spiro atoms. The summed E-state index contributed by atoms with van der Waals surface area (Å²) in [5, 5.41) is 7.31. The number of thiocarbonyl (C=S) groups is 1. The van der Waals surface area contributed by atoms with E-state index in [-0.39, 0.29) is 0 Å². The standard InChI is InChI=1S/C10H18N2OS/c1-2-5-11-10(14)12-8-6-7-3-4-9(8)13-7/h7-9H,2-6H2,1H3,(H2,11,12,14). The second-order valence-electron chi connectivity index (χ2n) is 4.12. The molecule has 3 atom stereocenters. The summed E-state index contributed by atoms with van der Waals surface area (Å²) in [6, 6.07) is 0.450. The van der Waals surface area contributed by atoms with E-state index in [0.29, 0.717) is 18.2 Å². The summed E-state index contributed by atoms with van der Waals surface area (Å²) < 4.78 is 5.74. The fraction of sp³-hybridized carbons (Fsp3) is 0.900. The van der Waals surface area contributed by atoms with Gasteiger partial charge in [0.05, 0.1) is 18.2 Å². The fourth-order valence-corrected chi connectivity index (χ4v) is 2.50. The Hall–Kier alpha value is -0.350. The van der Waals surface area contributed by atoms with Gasteiger partial charge in [0, 0.05) is 6.54 Å². The average molecular weight is 214 g/mol. The molecule has 0 aromatic carbocycles. The highest BCUT2D eigenvalue weighted by atomic mass is 32.1. The average Bonchev–Trinajstić information content (AvgIpc) is 2.76. The van der Waals surface area contributed by atoms with Crippen LogP contribution in [0.2, 0.25) is 0 Å². The molecule has 0 amide bonds. The predicted molar refractivity (Wildman–Crippen MR) is 60.3 cm³/mol. The molecule has 0 aliphatic carbocycles. The van der Waals surface area contributed by atoms with Crippen molar-refractivity contribution >= 4 is 17.3 Å². The van der Waals surface area contributed by atoms with Crippen molar-refractivity contribution in [2.45, 2.75) is 50.9 Å². The molecule has 2 saturated heterocycles. The van der Waals surface area contributed by atoms with Crippen LogP contribution in [0.15, 0.2) is 0 Å². The summed E-state index contributed by atoms with van der Waals surface area (Å²) in [6.07, 6.45) is 5.55. The highest BCUT2D eigenvalue weighted by Crippen LogP contribution is 2.34. The van der Waals surface area contributed by atoms with E-state index in [9.17, 15) is 0 Å². The quantitative estimate of drug-likeness (QED) is 0.691. The Labute approximate surface area is 90.6 Å².